The van der Waals surface area contributed by atoms with Crippen LogP contribution in [0.1, 0.15) is 42.6 Å². The van der Waals surface area contributed by atoms with E-state index in [1.54, 1.807) is 37.8 Å². The van der Waals surface area contributed by atoms with E-state index in [0.717, 1.165) is 17.1 Å². The minimum Gasteiger partial charge on any atom is -0.325 e. The van der Waals surface area contributed by atoms with Crippen molar-refractivity contribution in [3.63, 3.8) is 0 Å². The van der Waals surface area contributed by atoms with Crippen LogP contribution in [-0.4, -0.2) is 35.0 Å². The van der Waals surface area contributed by atoms with Crippen molar-refractivity contribution in [3.8, 4) is 0 Å². The van der Waals surface area contributed by atoms with Crippen LogP contribution in [0, 0.1) is 0 Å². The molecule has 8 nitrogen and oxygen atoms in total. The summed E-state index contributed by atoms with van der Waals surface area (Å²) in [6.45, 7) is 5.43. The lowest BCUT2D eigenvalue weighted by molar-refractivity contribution is -0.141. The molecule has 0 spiro atoms. The van der Waals surface area contributed by atoms with Crippen LogP contribution in [0.15, 0.2) is 41.4 Å². The van der Waals surface area contributed by atoms with E-state index < -0.39 is 27.2 Å². The molecule has 1 aliphatic heterocycles. The van der Waals surface area contributed by atoms with E-state index in [0.29, 0.717) is 16.4 Å². The molecule has 0 bridgehead atoms. The van der Waals surface area contributed by atoms with Gasteiger partial charge in [-0.05, 0) is 37.6 Å². The van der Waals surface area contributed by atoms with Crippen LogP contribution in [0.2, 0.25) is 0 Å². The minimum absolute atomic E-state index is 0.00475. The van der Waals surface area contributed by atoms with Crippen molar-refractivity contribution in [1.29, 1.82) is 0 Å². The van der Waals surface area contributed by atoms with Gasteiger partial charge in [0.05, 0.1) is 39.7 Å². The van der Waals surface area contributed by atoms with Gasteiger partial charge >= 0.3 is 6.18 Å². The summed E-state index contributed by atoms with van der Waals surface area (Å²) in [5, 5.41) is 3.13. The fourth-order valence-electron chi connectivity index (χ4n) is 3.75. The summed E-state index contributed by atoms with van der Waals surface area (Å²) in [6, 6.07) is 6.98. The lowest BCUT2D eigenvalue weighted by Crippen LogP contribution is -2.37. The molecule has 1 aromatic carbocycles. The third-order valence-electron chi connectivity index (χ3n) is 5.70. The zero-order valence-corrected chi connectivity index (χ0v) is 20.7. The normalized spacial score (nSPS) is 15.2. The number of anilines is 2. The first-order valence-corrected chi connectivity index (χ1v) is 13.1. The Morgan fingerprint density at radius 3 is 2.46 bits per heavy atom. The number of carbonyl (C=O) groups is 1. The quantitative estimate of drug-likeness (QED) is 0.515. The van der Waals surface area contributed by atoms with Crippen LogP contribution in [0.5, 0.6) is 0 Å². The number of rotatable bonds is 6. The third-order valence-corrected chi connectivity index (χ3v) is 8.41. The minimum atomic E-state index is -4.58. The van der Waals surface area contributed by atoms with Gasteiger partial charge in [0, 0.05) is 6.20 Å². The Morgan fingerprint density at radius 1 is 1.17 bits per heavy atom. The van der Waals surface area contributed by atoms with Crippen LogP contribution in [0.4, 0.5) is 24.3 Å². The molecule has 35 heavy (non-hydrogen) atoms. The lowest BCUT2D eigenvalue weighted by atomic mass is 10.0. The molecular weight excluding hydrogens is 503 g/mol. The van der Waals surface area contributed by atoms with E-state index >= 15 is 0 Å². The maximum Gasteiger partial charge on any atom is 0.433 e. The topological polar surface area (TPSA) is 105 Å². The van der Waals surface area contributed by atoms with Crippen LogP contribution < -0.4 is 10.2 Å². The second-order valence-electron chi connectivity index (χ2n) is 8.45. The summed E-state index contributed by atoms with van der Waals surface area (Å²) in [4.78, 5) is 27.4. The Kier molecular flexibility index (Phi) is 6.34. The maximum atomic E-state index is 13.1. The number of alkyl halides is 3. The highest BCUT2D eigenvalue weighted by atomic mass is 32.2. The number of amides is 1. The first-order chi connectivity index (χ1) is 16.3. The van der Waals surface area contributed by atoms with Crippen molar-refractivity contribution in [2.75, 3.05) is 16.0 Å². The van der Waals surface area contributed by atoms with Gasteiger partial charge in [0.2, 0.25) is 11.9 Å². The summed E-state index contributed by atoms with van der Waals surface area (Å²) in [6.07, 6.45) is -3.46. The zero-order valence-electron chi connectivity index (χ0n) is 19.0. The summed E-state index contributed by atoms with van der Waals surface area (Å²) in [5.41, 5.74) is -0.530. The van der Waals surface area contributed by atoms with Crippen molar-refractivity contribution in [2.24, 2.45) is 0 Å². The van der Waals surface area contributed by atoms with Crippen LogP contribution in [0.25, 0.3) is 0 Å². The number of benzene rings is 1. The number of thiazole rings is 1. The van der Waals surface area contributed by atoms with E-state index in [-0.39, 0.29) is 35.5 Å². The Bertz CT molecular complexity index is 1370. The van der Waals surface area contributed by atoms with E-state index in [1.165, 1.54) is 23.5 Å². The fourth-order valence-corrected chi connectivity index (χ4v) is 5.75. The molecule has 0 aliphatic carbocycles. The number of hydrogen-bond donors (Lipinski definition) is 1. The third kappa shape index (κ3) is 5.01. The molecule has 1 amide bonds. The van der Waals surface area contributed by atoms with Gasteiger partial charge in [0.25, 0.3) is 0 Å². The van der Waals surface area contributed by atoms with Crippen molar-refractivity contribution in [1.82, 2.24) is 15.0 Å². The van der Waals surface area contributed by atoms with Crippen molar-refractivity contribution < 1.29 is 26.4 Å². The smallest absolute Gasteiger partial charge is 0.325 e. The van der Waals surface area contributed by atoms with Crippen LogP contribution >= 0.6 is 11.3 Å². The monoisotopic (exact) mass is 525 g/mol. The maximum absolute atomic E-state index is 13.1. The molecule has 1 aliphatic rings. The van der Waals surface area contributed by atoms with Gasteiger partial charge < -0.3 is 10.2 Å². The van der Waals surface area contributed by atoms with Crippen LogP contribution in [-0.2, 0) is 39.3 Å². The summed E-state index contributed by atoms with van der Waals surface area (Å²) >= 11 is 1.24. The molecule has 3 aromatic rings. The van der Waals surface area contributed by atoms with Crippen molar-refractivity contribution in [3.05, 3.63) is 58.4 Å². The van der Waals surface area contributed by atoms with Gasteiger partial charge in [-0.15, -0.1) is 0 Å². The molecule has 0 fully saturated rings. The van der Waals surface area contributed by atoms with Gasteiger partial charge in [-0.3, -0.25) is 4.79 Å². The molecule has 0 unspecified atom stereocenters. The molecule has 0 atom stereocenters. The number of nitrogens with zero attached hydrogens (tertiary/aromatic N) is 4. The average molecular weight is 526 g/mol. The van der Waals surface area contributed by atoms with E-state index in [1.807, 2.05) is 0 Å². The number of nitrogens with one attached hydrogen (secondary N) is 1. The lowest BCUT2D eigenvalue weighted by Gasteiger charge is -2.31. The average Bonchev–Trinajstić information content (AvgIpc) is 3.30. The van der Waals surface area contributed by atoms with Crippen molar-refractivity contribution >= 4 is 38.2 Å². The van der Waals surface area contributed by atoms with Gasteiger partial charge in [-0.25, -0.2) is 23.4 Å². The Labute approximate surface area is 204 Å². The molecule has 186 valence electrons. The number of halogens is 3. The van der Waals surface area contributed by atoms with Gasteiger partial charge in [-0.2, -0.15) is 13.2 Å². The number of carbonyl (C=O) groups excluding carboxylic acids is 1. The molecular formula is C22H22F3N5O3S2. The summed E-state index contributed by atoms with van der Waals surface area (Å²) in [5.74, 6) is -0.372. The number of fused-ring (bicyclic) bond motifs is 1. The largest absolute Gasteiger partial charge is 0.433 e. The highest BCUT2D eigenvalue weighted by Crippen LogP contribution is 2.44. The molecule has 2 aromatic heterocycles. The van der Waals surface area contributed by atoms with Gasteiger partial charge in [-0.1, -0.05) is 30.4 Å². The SMILES string of the molecule is CCS(=O)(=O)c1ccc(CC(=O)Nc2nc3c(s2)CN(c2nccc(C(F)(F)F)n2)C3(C)C)cc1. The van der Waals surface area contributed by atoms with Gasteiger partial charge in [0.15, 0.2) is 15.0 Å². The van der Waals surface area contributed by atoms with E-state index in [4.69, 9.17) is 0 Å². The second-order valence-corrected chi connectivity index (χ2v) is 11.8. The highest BCUT2D eigenvalue weighted by Gasteiger charge is 2.43. The first kappa shape index (κ1) is 25.0. The summed E-state index contributed by atoms with van der Waals surface area (Å²) < 4.78 is 63.1. The molecule has 4 rings (SSSR count). The molecule has 3 heterocycles. The van der Waals surface area contributed by atoms with Gasteiger partial charge in [0.1, 0.15) is 5.69 Å². The fraction of sp³-hybridized carbons (Fsp3) is 0.364. The predicted octanol–water partition coefficient (Wildman–Crippen LogP) is 4.18. The standard InChI is InChI=1S/C22H22F3N5O3S2/c1-4-35(32,33)14-7-5-13(6-8-14)11-17(31)28-20-29-18-15(34-20)12-30(21(18,2)3)19-26-10-9-16(27-19)22(23,24)25/h5-10H,4,11-12H2,1-3H3,(H,28,29,31). The number of hydrogen-bond acceptors (Lipinski definition) is 8. The van der Waals surface area contributed by atoms with Crippen LogP contribution in [0.3, 0.4) is 0 Å². The zero-order chi connectivity index (χ0) is 25.6. The van der Waals surface area contributed by atoms with Crippen molar-refractivity contribution in [2.45, 2.75) is 50.3 Å². The Hall–Kier alpha value is -3.06. The second kappa shape index (κ2) is 8.86. The first-order valence-electron chi connectivity index (χ1n) is 10.6. The number of sulfone groups is 1. The highest BCUT2D eigenvalue weighted by molar-refractivity contribution is 7.91. The van der Waals surface area contributed by atoms with E-state index in [2.05, 4.69) is 20.3 Å². The van der Waals surface area contributed by atoms with E-state index in [9.17, 15) is 26.4 Å². The number of aromatic nitrogens is 3. The molecule has 0 saturated heterocycles. The molecule has 13 heteroatoms. The molecule has 0 saturated carbocycles. The Balaban J connectivity index is 1.46. The molecule has 0 radical (unpaired) electrons. The predicted molar refractivity (Wildman–Crippen MR) is 125 cm³/mol. The molecule has 1 N–H and O–H groups in total. The summed E-state index contributed by atoms with van der Waals surface area (Å²) in [7, 11) is -3.31. The Morgan fingerprint density at radius 2 is 1.86 bits per heavy atom.